The van der Waals surface area contributed by atoms with E-state index in [2.05, 4.69) is 30.7 Å². The molecule has 0 fully saturated rings. The molecule has 0 atom stereocenters. The first-order valence-electron chi connectivity index (χ1n) is 7.27. The number of hydrogen-bond donors (Lipinski definition) is 0. The molecule has 1 aromatic heterocycles. The van der Waals surface area contributed by atoms with E-state index in [-0.39, 0.29) is 25.9 Å². The van der Waals surface area contributed by atoms with Crippen LogP contribution in [0.3, 0.4) is 0 Å². The van der Waals surface area contributed by atoms with Crippen molar-refractivity contribution >= 4 is 13.3 Å². The second-order valence-electron chi connectivity index (χ2n) is 6.29. The van der Waals surface area contributed by atoms with E-state index in [1.54, 1.807) is 6.07 Å². The minimum atomic E-state index is -1.57. The molecule has 0 saturated carbocycles. The van der Waals surface area contributed by atoms with Crippen LogP contribution in [0.1, 0.15) is 26.7 Å². The van der Waals surface area contributed by atoms with Gasteiger partial charge in [0.2, 0.25) is 0 Å². The Morgan fingerprint density at radius 1 is 1.29 bits per heavy atom. The van der Waals surface area contributed by atoms with Crippen molar-refractivity contribution in [2.75, 3.05) is 0 Å². The molecule has 21 heavy (non-hydrogen) atoms. The molecule has 2 aromatic rings. The second kappa shape index (κ2) is 6.95. The van der Waals surface area contributed by atoms with E-state index in [0.29, 0.717) is 0 Å². The fourth-order valence-electron chi connectivity index (χ4n) is 2.18. The summed E-state index contributed by atoms with van der Waals surface area (Å²) >= 11 is 0. The fraction of sp³-hybridized carbons (Fsp3) is 0.353. The molecule has 1 aromatic carbocycles. The third kappa shape index (κ3) is 4.32. The standard InChI is InChI=1S/C17H21FNSi.Ir/c1-12(2)15-10-16(13-6-8-14(18)9-7-13)19-11-17(15)20(3,4)5;/h6,8-12H,1-5H3;/q-1;/i12D;. The zero-order valence-electron chi connectivity index (χ0n) is 14.0. The van der Waals surface area contributed by atoms with Crippen LogP contribution in [0.4, 0.5) is 4.39 Å². The van der Waals surface area contributed by atoms with E-state index in [9.17, 15) is 4.39 Å². The van der Waals surface area contributed by atoms with Crippen LogP contribution in [0.5, 0.6) is 0 Å². The molecule has 0 unspecified atom stereocenters. The summed E-state index contributed by atoms with van der Waals surface area (Å²) in [6.45, 7) is 10.5. The third-order valence-electron chi connectivity index (χ3n) is 3.30. The van der Waals surface area contributed by atoms with Crippen molar-refractivity contribution in [3.63, 3.8) is 0 Å². The summed E-state index contributed by atoms with van der Waals surface area (Å²) in [6, 6.07) is 9.26. The second-order valence-corrected chi connectivity index (χ2v) is 11.3. The maximum Gasteiger partial charge on any atom is 0.0799 e. The first kappa shape index (κ1) is 16.5. The molecule has 0 saturated heterocycles. The maximum atomic E-state index is 13.0. The molecule has 1 radical (unpaired) electrons. The van der Waals surface area contributed by atoms with Gasteiger partial charge in [0.05, 0.1) is 8.07 Å². The van der Waals surface area contributed by atoms with Gasteiger partial charge in [0.1, 0.15) is 0 Å². The van der Waals surface area contributed by atoms with E-state index < -0.39 is 14.0 Å². The van der Waals surface area contributed by atoms with Gasteiger partial charge in [-0.15, -0.1) is 29.8 Å². The Kier molecular flexibility index (Phi) is 5.47. The normalized spacial score (nSPS) is 12.6. The Morgan fingerprint density at radius 2 is 1.95 bits per heavy atom. The molecule has 115 valence electrons. The maximum absolute atomic E-state index is 13.0. The molecular weight excluding hydrogens is 457 g/mol. The summed E-state index contributed by atoms with van der Waals surface area (Å²) in [6.07, 6.45) is 1.89. The summed E-state index contributed by atoms with van der Waals surface area (Å²) in [4.78, 5) is 4.52. The van der Waals surface area contributed by atoms with Gasteiger partial charge in [0.25, 0.3) is 0 Å². The summed E-state index contributed by atoms with van der Waals surface area (Å²) in [7, 11) is -1.57. The summed E-state index contributed by atoms with van der Waals surface area (Å²) in [5.74, 6) is -0.994. The molecule has 0 N–H and O–H groups in total. The minimum Gasteiger partial charge on any atom is -0.305 e. The molecule has 1 heterocycles. The van der Waals surface area contributed by atoms with Crippen LogP contribution in [0.25, 0.3) is 11.3 Å². The summed E-state index contributed by atoms with van der Waals surface area (Å²) < 4.78 is 21.4. The number of nitrogens with zero attached hydrogens (tertiary/aromatic N) is 1. The number of hydrogen-bond acceptors (Lipinski definition) is 1. The molecule has 2 rings (SSSR count). The van der Waals surface area contributed by atoms with Crippen molar-refractivity contribution in [3.8, 4) is 11.3 Å². The molecule has 0 amide bonds. The van der Waals surface area contributed by atoms with Crippen LogP contribution < -0.4 is 5.19 Å². The van der Waals surface area contributed by atoms with Crippen LogP contribution in [0.15, 0.2) is 30.5 Å². The molecule has 0 bridgehead atoms. The van der Waals surface area contributed by atoms with Gasteiger partial charge < -0.3 is 4.98 Å². The minimum absolute atomic E-state index is 0. The van der Waals surface area contributed by atoms with Gasteiger partial charge >= 0.3 is 0 Å². The van der Waals surface area contributed by atoms with Crippen LogP contribution in [-0.4, -0.2) is 13.1 Å². The van der Waals surface area contributed by atoms with E-state index >= 15 is 0 Å². The van der Waals surface area contributed by atoms with E-state index in [1.165, 1.54) is 17.3 Å². The first-order chi connectivity index (χ1) is 9.59. The SMILES string of the molecule is [2H]C(C)(C)c1cc(-c2[c-]cc(F)cc2)ncc1[Si](C)(C)C.[Ir]. The van der Waals surface area contributed by atoms with Crippen molar-refractivity contribution in [1.82, 2.24) is 4.98 Å². The summed E-state index contributed by atoms with van der Waals surface area (Å²) in [5, 5.41) is 1.20. The number of rotatable bonds is 3. The Hall–Kier alpha value is -0.834. The van der Waals surface area contributed by atoms with Crippen LogP contribution in [0.2, 0.25) is 19.6 Å². The van der Waals surface area contributed by atoms with Crippen molar-refractivity contribution in [2.24, 2.45) is 0 Å². The zero-order chi connectivity index (χ0) is 15.8. The van der Waals surface area contributed by atoms with Gasteiger partial charge in [-0.2, -0.15) is 0 Å². The largest absolute Gasteiger partial charge is 0.305 e. The van der Waals surface area contributed by atoms with Gasteiger partial charge in [-0.25, -0.2) is 0 Å². The smallest absolute Gasteiger partial charge is 0.0799 e. The van der Waals surface area contributed by atoms with E-state index in [1.807, 2.05) is 26.1 Å². The predicted octanol–water partition coefficient (Wildman–Crippen LogP) is 4.35. The Balaban J connectivity index is 0.00000242. The first-order valence-corrected chi connectivity index (χ1v) is 10.3. The van der Waals surface area contributed by atoms with Gasteiger partial charge in [-0.1, -0.05) is 45.1 Å². The van der Waals surface area contributed by atoms with Crippen molar-refractivity contribution in [3.05, 3.63) is 47.9 Å². The molecule has 0 aliphatic carbocycles. The van der Waals surface area contributed by atoms with Crippen LogP contribution >= 0.6 is 0 Å². The van der Waals surface area contributed by atoms with Gasteiger partial charge in [0, 0.05) is 33.5 Å². The topological polar surface area (TPSA) is 12.9 Å². The van der Waals surface area contributed by atoms with Crippen LogP contribution in [-0.2, 0) is 20.1 Å². The number of pyridine rings is 1. The summed E-state index contributed by atoms with van der Waals surface area (Å²) in [5.41, 5.74) is 2.50. The van der Waals surface area contributed by atoms with Gasteiger partial charge in [0.15, 0.2) is 0 Å². The van der Waals surface area contributed by atoms with Gasteiger partial charge in [-0.05, 0) is 16.8 Å². The quantitative estimate of drug-likeness (QED) is 0.471. The Labute approximate surface area is 142 Å². The molecular formula is C17H21FIrNSi-. The molecule has 0 aliphatic rings. The van der Waals surface area contributed by atoms with E-state index in [4.69, 9.17) is 1.37 Å². The zero-order valence-corrected chi connectivity index (χ0v) is 16.4. The number of halogens is 1. The average Bonchev–Trinajstić information content (AvgIpc) is 2.37. The van der Waals surface area contributed by atoms with Crippen LogP contribution in [0, 0.1) is 11.9 Å². The molecule has 4 heteroatoms. The molecule has 0 aliphatic heterocycles. The van der Waals surface area contributed by atoms with Crippen molar-refractivity contribution in [2.45, 2.75) is 39.4 Å². The predicted molar refractivity (Wildman–Crippen MR) is 85.5 cm³/mol. The van der Waals surface area contributed by atoms with Gasteiger partial charge in [-0.3, -0.25) is 4.39 Å². The molecule has 1 nitrogen and oxygen atoms in total. The average molecular weight is 480 g/mol. The number of benzene rings is 1. The fourth-order valence-corrected chi connectivity index (χ4v) is 3.76. The Bertz CT molecular complexity index is 645. The molecule has 0 spiro atoms. The van der Waals surface area contributed by atoms with Crippen molar-refractivity contribution in [1.29, 1.82) is 0 Å². The number of aromatic nitrogens is 1. The monoisotopic (exact) mass is 480 g/mol. The Morgan fingerprint density at radius 3 is 2.43 bits per heavy atom. The third-order valence-corrected chi connectivity index (χ3v) is 5.32. The van der Waals surface area contributed by atoms with Crippen molar-refractivity contribution < 1.29 is 25.9 Å². The van der Waals surface area contributed by atoms with E-state index in [0.717, 1.165) is 16.8 Å².